The third kappa shape index (κ3) is 4.29. The van der Waals surface area contributed by atoms with Gasteiger partial charge in [0.2, 0.25) is 5.91 Å². The van der Waals surface area contributed by atoms with Crippen LogP contribution < -0.4 is 0 Å². The third-order valence-corrected chi connectivity index (χ3v) is 4.57. The predicted octanol–water partition coefficient (Wildman–Crippen LogP) is -0.00970. The Morgan fingerprint density at radius 1 is 1.39 bits per heavy atom. The molecule has 0 bridgehead atoms. The summed E-state index contributed by atoms with van der Waals surface area (Å²) in [7, 11) is -3.13. The van der Waals surface area contributed by atoms with E-state index < -0.39 is 21.7 Å². The Hall–Kier alpha value is -1.11. The second-order valence-electron chi connectivity index (χ2n) is 5.11. The van der Waals surface area contributed by atoms with E-state index in [9.17, 15) is 18.0 Å². The summed E-state index contributed by atoms with van der Waals surface area (Å²) in [4.78, 5) is 24.1. The van der Waals surface area contributed by atoms with Crippen LogP contribution in [0.15, 0.2) is 0 Å². The number of hydrogen-bond donors (Lipinski definition) is 1. The lowest BCUT2D eigenvalue weighted by molar-refractivity contribution is -0.146. The quantitative estimate of drug-likeness (QED) is 0.763. The highest BCUT2D eigenvalue weighted by molar-refractivity contribution is 7.91. The molecule has 0 aromatic carbocycles. The molecule has 6 nitrogen and oxygen atoms in total. The highest BCUT2D eigenvalue weighted by Gasteiger charge is 2.35. The van der Waals surface area contributed by atoms with Crippen LogP contribution in [-0.2, 0) is 19.4 Å². The molecule has 0 aliphatic carbocycles. The molecule has 1 atom stereocenters. The van der Waals surface area contributed by atoms with Crippen molar-refractivity contribution < 1.29 is 23.1 Å². The Labute approximate surface area is 107 Å². The molecule has 1 aliphatic rings. The van der Waals surface area contributed by atoms with Crippen LogP contribution in [0.4, 0.5) is 0 Å². The first-order valence-corrected chi connectivity index (χ1v) is 7.74. The molecule has 0 radical (unpaired) electrons. The molecule has 0 unspecified atom stereocenters. The van der Waals surface area contributed by atoms with Crippen LogP contribution in [0.3, 0.4) is 0 Å². The maximum atomic E-state index is 12.1. The molecule has 1 rings (SSSR count). The van der Waals surface area contributed by atoms with E-state index >= 15 is 0 Å². The number of carbonyl (C=O) groups is 2. The first-order chi connectivity index (χ1) is 8.21. The van der Waals surface area contributed by atoms with E-state index in [0.717, 1.165) is 0 Å². The number of nitrogens with zero attached hydrogens (tertiary/aromatic N) is 1. The largest absolute Gasteiger partial charge is 0.480 e. The average Bonchev–Trinajstić information content (AvgIpc) is 2.55. The van der Waals surface area contributed by atoms with Gasteiger partial charge in [-0.25, -0.2) is 8.42 Å². The summed E-state index contributed by atoms with van der Waals surface area (Å²) in [6.07, 6.45) is 0.301. The van der Waals surface area contributed by atoms with Crippen LogP contribution >= 0.6 is 0 Å². The molecule has 1 aliphatic heterocycles. The van der Waals surface area contributed by atoms with Crippen LogP contribution in [0.25, 0.3) is 0 Å². The standard InChI is InChI=1S/C11H19NO5S/c1-8(2)5-12(6-10(13)14)11(15)9-3-4-18(16,17)7-9/h8-9H,3-7H2,1-2H3,(H,13,14)/t9-/m0/s1. The summed E-state index contributed by atoms with van der Waals surface area (Å²) in [5.74, 6) is -2.00. The second-order valence-corrected chi connectivity index (χ2v) is 7.34. The van der Waals surface area contributed by atoms with Crippen molar-refractivity contribution in [3.05, 3.63) is 0 Å². The van der Waals surface area contributed by atoms with Crippen LogP contribution in [0.1, 0.15) is 20.3 Å². The van der Waals surface area contributed by atoms with E-state index in [4.69, 9.17) is 5.11 Å². The van der Waals surface area contributed by atoms with Gasteiger partial charge in [0.25, 0.3) is 0 Å². The molecule has 1 heterocycles. The SMILES string of the molecule is CC(C)CN(CC(=O)O)C(=O)[C@H]1CCS(=O)(=O)C1. The van der Waals surface area contributed by atoms with Crippen molar-refractivity contribution in [3.8, 4) is 0 Å². The van der Waals surface area contributed by atoms with Gasteiger partial charge in [-0.2, -0.15) is 0 Å². The van der Waals surface area contributed by atoms with Crippen LogP contribution in [0.5, 0.6) is 0 Å². The minimum absolute atomic E-state index is 0.0198. The zero-order valence-corrected chi connectivity index (χ0v) is 11.4. The third-order valence-electron chi connectivity index (χ3n) is 2.81. The van der Waals surface area contributed by atoms with Crippen molar-refractivity contribution >= 4 is 21.7 Å². The van der Waals surface area contributed by atoms with E-state index in [1.807, 2.05) is 13.8 Å². The summed E-state index contributed by atoms with van der Waals surface area (Å²) >= 11 is 0. The molecule has 0 spiro atoms. The molecule has 0 aromatic rings. The molecule has 1 N–H and O–H groups in total. The van der Waals surface area contributed by atoms with Gasteiger partial charge >= 0.3 is 5.97 Å². The van der Waals surface area contributed by atoms with Crippen LogP contribution in [0.2, 0.25) is 0 Å². The van der Waals surface area contributed by atoms with E-state index in [-0.39, 0.29) is 29.9 Å². The van der Waals surface area contributed by atoms with Crippen molar-refractivity contribution in [2.45, 2.75) is 20.3 Å². The molecule has 0 saturated carbocycles. The monoisotopic (exact) mass is 277 g/mol. The minimum Gasteiger partial charge on any atom is -0.480 e. The van der Waals surface area contributed by atoms with Crippen LogP contribution in [0, 0.1) is 11.8 Å². The number of carbonyl (C=O) groups excluding carboxylic acids is 1. The van der Waals surface area contributed by atoms with Crippen molar-refractivity contribution in [2.75, 3.05) is 24.6 Å². The van der Waals surface area contributed by atoms with E-state index in [2.05, 4.69) is 0 Å². The lowest BCUT2D eigenvalue weighted by Gasteiger charge is -2.25. The van der Waals surface area contributed by atoms with Gasteiger partial charge in [-0.1, -0.05) is 13.8 Å². The Bertz CT molecular complexity index is 429. The highest BCUT2D eigenvalue weighted by atomic mass is 32.2. The first kappa shape index (κ1) is 14.9. The summed E-state index contributed by atoms with van der Waals surface area (Å²) in [5.41, 5.74) is 0. The van der Waals surface area contributed by atoms with E-state index in [1.54, 1.807) is 0 Å². The molecule has 1 amide bonds. The number of sulfone groups is 1. The van der Waals surface area contributed by atoms with Crippen molar-refractivity contribution in [3.63, 3.8) is 0 Å². The second kappa shape index (κ2) is 5.69. The molecular weight excluding hydrogens is 258 g/mol. The zero-order chi connectivity index (χ0) is 13.9. The Morgan fingerprint density at radius 3 is 2.39 bits per heavy atom. The number of aliphatic carboxylic acids is 1. The fourth-order valence-electron chi connectivity index (χ4n) is 2.08. The van der Waals surface area contributed by atoms with Crippen molar-refractivity contribution in [1.82, 2.24) is 4.90 Å². The summed E-state index contributed by atoms with van der Waals surface area (Å²) in [6, 6.07) is 0. The summed E-state index contributed by atoms with van der Waals surface area (Å²) < 4.78 is 22.7. The molecule has 104 valence electrons. The fourth-order valence-corrected chi connectivity index (χ4v) is 3.82. The van der Waals surface area contributed by atoms with E-state index in [0.29, 0.717) is 13.0 Å². The normalized spacial score (nSPS) is 22.1. The maximum Gasteiger partial charge on any atom is 0.323 e. The number of amides is 1. The van der Waals surface area contributed by atoms with Crippen LogP contribution in [-0.4, -0.2) is 54.9 Å². The molecule has 1 saturated heterocycles. The van der Waals surface area contributed by atoms with Gasteiger partial charge in [0, 0.05) is 6.54 Å². The number of hydrogen-bond acceptors (Lipinski definition) is 4. The lowest BCUT2D eigenvalue weighted by atomic mass is 10.1. The summed E-state index contributed by atoms with van der Waals surface area (Å²) in [5, 5.41) is 8.78. The van der Waals surface area contributed by atoms with E-state index in [1.165, 1.54) is 4.90 Å². The number of rotatable bonds is 5. The Morgan fingerprint density at radius 2 is 2.00 bits per heavy atom. The topological polar surface area (TPSA) is 91.8 Å². The smallest absolute Gasteiger partial charge is 0.323 e. The van der Waals surface area contributed by atoms with Gasteiger partial charge in [0.1, 0.15) is 6.54 Å². The molecular formula is C11H19NO5S. The van der Waals surface area contributed by atoms with Gasteiger partial charge in [-0.05, 0) is 12.3 Å². The number of carboxylic acids is 1. The highest BCUT2D eigenvalue weighted by Crippen LogP contribution is 2.21. The summed E-state index contributed by atoms with van der Waals surface area (Å²) in [6.45, 7) is 3.73. The predicted molar refractivity (Wildman–Crippen MR) is 65.8 cm³/mol. The van der Waals surface area contributed by atoms with Gasteiger partial charge in [0.15, 0.2) is 9.84 Å². The Kier molecular flexibility index (Phi) is 4.72. The lowest BCUT2D eigenvalue weighted by Crippen LogP contribution is -2.42. The molecule has 7 heteroatoms. The maximum absolute atomic E-state index is 12.1. The molecule has 0 aromatic heterocycles. The van der Waals surface area contributed by atoms with Crippen molar-refractivity contribution in [2.24, 2.45) is 11.8 Å². The van der Waals surface area contributed by atoms with Gasteiger partial charge in [0.05, 0.1) is 17.4 Å². The molecule has 1 fully saturated rings. The minimum atomic E-state index is -3.13. The van der Waals surface area contributed by atoms with Gasteiger partial charge in [-0.3, -0.25) is 9.59 Å². The molecule has 18 heavy (non-hydrogen) atoms. The van der Waals surface area contributed by atoms with Gasteiger partial charge < -0.3 is 10.0 Å². The van der Waals surface area contributed by atoms with Gasteiger partial charge in [-0.15, -0.1) is 0 Å². The van der Waals surface area contributed by atoms with Crippen molar-refractivity contribution in [1.29, 1.82) is 0 Å². The fraction of sp³-hybridized carbons (Fsp3) is 0.818. The number of carboxylic acid groups (broad SMARTS) is 1. The Balaban J connectivity index is 2.73. The zero-order valence-electron chi connectivity index (χ0n) is 10.6. The average molecular weight is 277 g/mol. The first-order valence-electron chi connectivity index (χ1n) is 5.92.